The SMILES string of the molecule is CCCCS(=O)(=O)NC(c1ccc(N(C)C)cc1)c1nccn1C. The summed E-state index contributed by atoms with van der Waals surface area (Å²) in [5.74, 6) is 0.799. The number of unbranched alkanes of at least 4 members (excludes halogenated alkanes) is 1. The predicted molar refractivity (Wildman–Crippen MR) is 97.7 cm³/mol. The smallest absolute Gasteiger partial charge is 0.212 e. The number of benzene rings is 1. The van der Waals surface area contributed by atoms with Crippen LogP contribution in [0.25, 0.3) is 0 Å². The van der Waals surface area contributed by atoms with E-state index in [2.05, 4.69) is 9.71 Å². The molecule has 0 bridgehead atoms. The third-order valence-electron chi connectivity index (χ3n) is 3.92. The van der Waals surface area contributed by atoms with Crippen LogP contribution in [0.4, 0.5) is 5.69 Å². The molecule has 1 heterocycles. The van der Waals surface area contributed by atoms with Gasteiger partial charge in [0.05, 0.1) is 5.75 Å². The lowest BCUT2D eigenvalue weighted by molar-refractivity contribution is 0.560. The zero-order valence-corrected chi connectivity index (χ0v) is 15.5. The van der Waals surface area contributed by atoms with Gasteiger partial charge >= 0.3 is 0 Å². The minimum absolute atomic E-state index is 0.125. The van der Waals surface area contributed by atoms with Crippen molar-refractivity contribution < 1.29 is 8.42 Å². The Morgan fingerprint density at radius 3 is 2.42 bits per heavy atom. The minimum atomic E-state index is -3.37. The molecule has 0 saturated carbocycles. The van der Waals surface area contributed by atoms with Crippen LogP contribution in [0.2, 0.25) is 0 Å². The Morgan fingerprint density at radius 2 is 1.92 bits per heavy atom. The van der Waals surface area contributed by atoms with Crippen LogP contribution in [-0.2, 0) is 17.1 Å². The maximum atomic E-state index is 12.4. The summed E-state index contributed by atoms with van der Waals surface area (Å²) >= 11 is 0. The molecule has 0 fully saturated rings. The number of hydrogen-bond donors (Lipinski definition) is 1. The number of aromatic nitrogens is 2. The lowest BCUT2D eigenvalue weighted by atomic mass is 10.1. The molecule has 0 spiro atoms. The summed E-state index contributed by atoms with van der Waals surface area (Å²) in [4.78, 5) is 6.35. The van der Waals surface area contributed by atoms with Crippen LogP contribution >= 0.6 is 0 Å². The van der Waals surface area contributed by atoms with Gasteiger partial charge in [-0.1, -0.05) is 25.5 Å². The zero-order chi connectivity index (χ0) is 17.7. The van der Waals surface area contributed by atoms with Crippen molar-refractivity contribution in [2.45, 2.75) is 25.8 Å². The standard InChI is InChI=1S/C17H26N4O2S/c1-5-6-13-24(22,23)19-16(17-18-11-12-21(17)4)14-7-9-15(10-8-14)20(2)3/h7-12,16,19H,5-6,13H2,1-4H3. The maximum Gasteiger partial charge on any atom is 0.212 e. The molecule has 0 saturated heterocycles. The molecule has 2 aromatic rings. The van der Waals surface area contributed by atoms with Gasteiger partial charge in [-0.15, -0.1) is 0 Å². The number of nitrogens with zero attached hydrogens (tertiary/aromatic N) is 3. The lowest BCUT2D eigenvalue weighted by Gasteiger charge is -2.20. The zero-order valence-electron chi connectivity index (χ0n) is 14.7. The van der Waals surface area contributed by atoms with Crippen LogP contribution in [0.15, 0.2) is 36.7 Å². The summed E-state index contributed by atoms with van der Waals surface area (Å²) in [7, 11) is 2.43. The molecule has 1 atom stereocenters. The quantitative estimate of drug-likeness (QED) is 0.793. The van der Waals surface area contributed by atoms with Gasteiger partial charge in [-0.3, -0.25) is 0 Å². The molecule has 1 N–H and O–H groups in total. The summed E-state index contributed by atoms with van der Waals surface area (Å²) in [5, 5.41) is 0. The molecule has 6 nitrogen and oxygen atoms in total. The fourth-order valence-corrected chi connectivity index (χ4v) is 3.85. The fourth-order valence-electron chi connectivity index (χ4n) is 2.46. The molecule has 0 aliphatic rings. The molecular weight excluding hydrogens is 324 g/mol. The largest absolute Gasteiger partial charge is 0.378 e. The van der Waals surface area contributed by atoms with Crippen molar-refractivity contribution in [1.82, 2.24) is 14.3 Å². The molecule has 0 aliphatic carbocycles. The van der Waals surface area contributed by atoms with Gasteiger partial charge in [0.2, 0.25) is 10.0 Å². The first-order chi connectivity index (χ1) is 11.3. The fraction of sp³-hybridized carbons (Fsp3) is 0.471. The van der Waals surface area contributed by atoms with Crippen LogP contribution in [0.1, 0.15) is 37.2 Å². The normalized spacial score (nSPS) is 13.0. The molecule has 7 heteroatoms. The van der Waals surface area contributed by atoms with Gasteiger partial charge in [0.1, 0.15) is 11.9 Å². The van der Waals surface area contributed by atoms with Crippen molar-refractivity contribution in [3.8, 4) is 0 Å². The number of aryl methyl sites for hydroxylation is 1. The molecule has 1 aromatic carbocycles. The third kappa shape index (κ3) is 4.58. The van der Waals surface area contributed by atoms with Gasteiger partial charge in [0, 0.05) is 39.2 Å². The van der Waals surface area contributed by atoms with Crippen molar-refractivity contribution in [1.29, 1.82) is 0 Å². The molecule has 0 radical (unpaired) electrons. The summed E-state index contributed by atoms with van der Waals surface area (Å²) in [6.07, 6.45) is 4.97. The number of anilines is 1. The van der Waals surface area contributed by atoms with Gasteiger partial charge in [0.15, 0.2) is 0 Å². The van der Waals surface area contributed by atoms with E-state index in [4.69, 9.17) is 0 Å². The second kappa shape index (κ2) is 7.81. The summed E-state index contributed by atoms with van der Waals surface area (Å²) in [6.45, 7) is 1.98. The van der Waals surface area contributed by atoms with Gasteiger partial charge in [0.25, 0.3) is 0 Å². The molecule has 0 amide bonds. The molecule has 1 unspecified atom stereocenters. The van der Waals surface area contributed by atoms with Gasteiger partial charge in [-0.05, 0) is 24.1 Å². The number of rotatable bonds is 8. The van der Waals surface area contributed by atoms with Crippen molar-refractivity contribution in [2.24, 2.45) is 7.05 Å². The highest BCUT2D eigenvalue weighted by atomic mass is 32.2. The molecule has 1 aromatic heterocycles. The highest BCUT2D eigenvalue weighted by Crippen LogP contribution is 2.24. The Balaban J connectivity index is 2.35. The van der Waals surface area contributed by atoms with Crippen molar-refractivity contribution in [2.75, 3.05) is 24.7 Å². The van der Waals surface area contributed by atoms with E-state index in [9.17, 15) is 8.42 Å². The first-order valence-electron chi connectivity index (χ1n) is 8.08. The van der Waals surface area contributed by atoms with E-state index in [0.29, 0.717) is 12.2 Å². The first kappa shape index (κ1) is 18.5. The molecular formula is C17H26N4O2S. The lowest BCUT2D eigenvalue weighted by Crippen LogP contribution is -2.33. The highest BCUT2D eigenvalue weighted by Gasteiger charge is 2.24. The van der Waals surface area contributed by atoms with E-state index < -0.39 is 16.1 Å². The van der Waals surface area contributed by atoms with Crippen molar-refractivity contribution >= 4 is 15.7 Å². The molecule has 132 valence electrons. The second-order valence-electron chi connectivity index (χ2n) is 6.11. The number of nitrogens with one attached hydrogen (secondary N) is 1. The van der Waals surface area contributed by atoms with Gasteiger partial charge in [-0.25, -0.2) is 18.1 Å². The van der Waals surface area contributed by atoms with Gasteiger partial charge < -0.3 is 9.47 Å². The summed E-state index contributed by atoms with van der Waals surface area (Å²) in [5.41, 5.74) is 1.93. The maximum absolute atomic E-state index is 12.4. The van der Waals surface area contributed by atoms with Crippen molar-refractivity contribution in [3.63, 3.8) is 0 Å². The van der Waals surface area contributed by atoms with Crippen LogP contribution in [0.3, 0.4) is 0 Å². The second-order valence-corrected chi connectivity index (χ2v) is 7.98. The number of hydrogen-bond acceptors (Lipinski definition) is 4. The average molecular weight is 350 g/mol. The van der Waals surface area contributed by atoms with E-state index >= 15 is 0 Å². The Hall–Kier alpha value is -1.86. The van der Waals surface area contributed by atoms with Crippen LogP contribution < -0.4 is 9.62 Å². The summed E-state index contributed by atoms with van der Waals surface area (Å²) < 4.78 is 29.4. The van der Waals surface area contributed by atoms with Crippen LogP contribution in [-0.4, -0.2) is 37.8 Å². The van der Waals surface area contributed by atoms with Crippen LogP contribution in [0.5, 0.6) is 0 Å². The minimum Gasteiger partial charge on any atom is -0.378 e. The molecule has 2 rings (SSSR count). The topological polar surface area (TPSA) is 67.2 Å². The molecule has 24 heavy (non-hydrogen) atoms. The predicted octanol–water partition coefficient (Wildman–Crippen LogP) is 2.30. The number of imidazole rings is 1. The van der Waals surface area contributed by atoms with E-state index in [1.807, 2.05) is 68.0 Å². The Morgan fingerprint density at radius 1 is 1.25 bits per heavy atom. The molecule has 0 aliphatic heterocycles. The van der Waals surface area contributed by atoms with Crippen molar-refractivity contribution in [3.05, 3.63) is 48.0 Å². The van der Waals surface area contributed by atoms with E-state index in [1.54, 1.807) is 6.20 Å². The van der Waals surface area contributed by atoms with E-state index in [-0.39, 0.29) is 5.75 Å². The average Bonchev–Trinajstić information content (AvgIpc) is 2.97. The van der Waals surface area contributed by atoms with E-state index in [0.717, 1.165) is 17.7 Å². The number of sulfonamides is 1. The Bertz CT molecular complexity index is 751. The Labute approximate surface area is 144 Å². The van der Waals surface area contributed by atoms with Crippen LogP contribution in [0, 0.1) is 0 Å². The highest BCUT2D eigenvalue weighted by molar-refractivity contribution is 7.89. The summed E-state index contributed by atoms with van der Waals surface area (Å²) in [6, 6.07) is 7.34. The first-order valence-corrected chi connectivity index (χ1v) is 9.74. The Kier molecular flexibility index (Phi) is 6.01. The third-order valence-corrected chi connectivity index (χ3v) is 5.34. The van der Waals surface area contributed by atoms with Gasteiger partial charge in [-0.2, -0.15) is 0 Å². The van der Waals surface area contributed by atoms with E-state index in [1.165, 1.54) is 0 Å². The monoisotopic (exact) mass is 350 g/mol.